The molecule has 0 aliphatic carbocycles. The lowest BCUT2D eigenvalue weighted by Gasteiger charge is -2.40. The van der Waals surface area contributed by atoms with Crippen molar-refractivity contribution in [3.05, 3.63) is 107 Å². The van der Waals surface area contributed by atoms with E-state index in [2.05, 4.69) is 109 Å². The van der Waals surface area contributed by atoms with Crippen molar-refractivity contribution in [2.24, 2.45) is 0 Å². The predicted octanol–water partition coefficient (Wildman–Crippen LogP) is 4.48. The predicted molar refractivity (Wildman–Crippen MR) is 152 cm³/mol. The lowest BCUT2D eigenvalue weighted by atomic mass is 10.1. The summed E-state index contributed by atoms with van der Waals surface area (Å²) in [5.74, 6) is 13.8. The molecule has 0 spiro atoms. The highest BCUT2D eigenvalue weighted by Crippen LogP contribution is 2.18. The Bertz CT molecular complexity index is 1170. The molecule has 0 radical (unpaired) electrons. The molecule has 38 heavy (non-hydrogen) atoms. The van der Waals surface area contributed by atoms with E-state index in [1.165, 1.54) is 11.1 Å². The topological polar surface area (TPSA) is 18.5 Å². The monoisotopic (exact) mass is 506 g/mol. The second kappa shape index (κ2) is 12.9. The molecular weight excluding hydrogens is 468 g/mol. The molecule has 2 aliphatic heterocycles. The van der Waals surface area contributed by atoms with Crippen LogP contribution < -0.4 is 0 Å². The van der Waals surface area contributed by atoms with Crippen molar-refractivity contribution in [1.82, 2.24) is 0 Å². The lowest BCUT2D eigenvalue weighted by Crippen LogP contribution is -2.54. The Morgan fingerprint density at radius 2 is 0.868 bits per heavy atom. The van der Waals surface area contributed by atoms with Crippen LogP contribution in [0.5, 0.6) is 0 Å². The summed E-state index contributed by atoms with van der Waals surface area (Å²) in [4.78, 5) is 0. The molecule has 2 fully saturated rings. The van der Waals surface area contributed by atoms with Crippen LogP contribution in [0, 0.1) is 23.7 Å². The molecule has 0 saturated carbocycles. The Balaban J connectivity index is 1.21. The van der Waals surface area contributed by atoms with Crippen LogP contribution in [0.2, 0.25) is 0 Å². The van der Waals surface area contributed by atoms with E-state index in [1.807, 2.05) is 0 Å². The summed E-state index contributed by atoms with van der Waals surface area (Å²) in [6.45, 7) is 10.9. The van der Waals surface area contributed by atoms with Gasteiger partial charge in [0, 0.05) is 22.3 Å². The number of benzene rings is 3. The van der Waals surface area contributed by atoms with Crippen molar-refractivity contribution >= 4 is 0 Å². The minimum absolute atomic E-state index is 0.806. The van der Waals surface area contributed by atoms with Gasteiger partial charge in [0.2, 0.25) is 0 Å². The molecule has 3 aromatic carbocycles. The first-order valence-electron chi connectivity index (χ1n) is 13.7. The average molecular weight is 507 g/mol. The molecule has 0 unspecified atom stereocenters. The van der Waals surface area contributed by atoms with Crippen LogP contribution in [0.15, 0.2) is 84.9 Å². The SMILES string of the molecule is C(#Cc1ccc(C#CC[N+]2(Cc3ccccc3)CCOCC2)cc1)C[N+]1(Cc2ccccc2)CCOCC1. The van der Waals surface area contributed by atoms with Crippen molar-refractivity contribution in [2.75, 3.05) is 65.7 Å². The molecule has 0 bridgehead atoms. The quantitative estimate of drug-likeness (QED) is 0.363. The van der Waals surface area contributed by atoms with Gasteiger partial charge in [-0.15, -0.1) is 0 Å². The van der Waals surface area contributed by atoms with Gasteiger partial charge in [0.1, 0.15) is 52.4 Å². The maximum Gasteiger partial charge on any atom is 0.141 e. The van der Waals surface area contributed by atoms with E-state index >= 15 is 0 Å². The van der Waals surface area contributed by atoms with E-state index < -0.39 is 0 Å². The first-order chi connectivity index (χ1) is 18.7. The van der Waals surface area contributed by atoms with Gasteiger partial charge in [-0.3, -0.25) is 0 Å². The molecule has 4 nitrogen and oxygen atoms in total. The fourth-order valence-electron chi connectivity index (χ4n) is 5.40. The first kappa shape index (κ1) is 26.2. The summed E-state index contributed by atoms with van der Waals surface area (Å²) in [7, 11) is 0. The van der Waals surface area contributed by atoms with Gasteiger partial charge in [0.25, 0.3) is 0 Å². The Morgan fingerprint density at radius 3 is 1.24 bits per heavy atom. The zero-order valence-electron chi connectivity index (χ0n) is 22.3. The van der Waals surface area contributed by atoms with E-state index in [0.29, 0.717) is 0 Å². The van der Waals surface area contributed by atoms with Gasteiger partial charge in [-0.05, 0) is 36.1 Å². The van der Waals surface area contributed by atoms with Crippen molar-refractivity contribution in [3.63, 3.8) is 0 Å². The smallest absolute Gasteiger partial charge is 0.141 e. The van der Waals surface area contributed by atoms with Crippen LogP contribution in [-0.4, -0.2) is 74.7 Å². The molecule has 0 amide bonds. The molecule has 2 heterocycles. The minimum Gasteiger partial charge on any atom is -0.370 e. The Labute approximate surface area is 228 Å². The standard InChI is InChI=1S/C34H38N2O2/c1-3-9-33(10-4-1)29-35(21-25-37-26-22-35)19-7-13-31-15-17-32(18-16-31)14-8-20-36(23-27-38-28-24-36)30-34-11-5-2-6-12-34/h1-6,9-12,15-18H,19-30H2/q+2. The fraction of sp³-hybridized carbons (Fsp3) is 0.353. The normalized spacial score (nSPS) is 17.9. The van der Waals surface area contributed by atoms with E-state index in [1.54, 1.807) is 0 Å². The third kappa shape index (κ3) is 7.35. The van der Waals surface area contributed by atoms with Crippen molar-refractivity contribution in [1.29, 1.82) is 0 Å². The van der Waals surface area contributed by atoms with Gasteiger partial charge in [-0.2, -0.15) is 0 Å². The molecular formula is C34H38N2O2+2. The van der Waals surface area contributed by atoms with Gasteiger partial charge < -0.3 is 18.4 Å². The minimum atomic E-state index is 0.806. The number of morpholine rings is 2. The van der Waals surface area contributed by atoms with Crippen LogP contribution in [0.1, 0.15) is 22.3 Å². The fourth-order valence-corrected chi connectivity index (χ4v) is 5.40. The van der Waals surface area contributed by atoms with Gasteiger partial charge in [-0.25, -0.2) is 0 Å². The van der Waals surface area contributed by atoms with Crippen molar-refractivity contribution < 1.29 is 18.4 Å². The molecule has 4 heteroatoms. The molecule has 2 saturated heterocycles. The third-order valence-corrected chi connectivity index (χ3v) is 7.74. The highest BCUT2D eigenvalue weighted by molar-refractivity contribution is 5.42. The van der Waals surface area contributed by atoms with Crippen molar-refractivity contribution in [3.8, 4) is 23.7 Å². The molecule has 0 aromatic heterocycles. The zero-order chi connectivity index (χ0) is 25.9. The maximum atomic E-state index is 5.66. The molecule has 5 rings (SSSR count). The average Bonchev–Trinajstić information content (AvgIpc) is 2.96. The molecule has 2 aliphatic rings. The van der Waals surface area contributed by atoms with E-state index in [9.17, 15) is 0 Å². The van der Waals surface area contributed by atoms with E-state index in [0.717, 1.165) is 98.9 Å². The van der Waals surface area contributed by atoms with E-state index in [-0.39, 0.29) is 0 Å². The molecule has 0 N–H and O–H groups in total. The summed E-state index contributed by atoms with van der Waals surface area (Å²) in [5, 5.41) is 0. The van der Waals surface area contributed by atoms with Crippen LogP contribution in [0.3, 0.4) is 0 Å². The second-order valence-electron chi connectivity index (χ2n) is 10.6. The molecule has 0 atom stereocenters. The Morgan fingerprint density at radius 1 is 0.500 bits per heavy atom. The number of quaternary nitrogens is 2. The highest BCUT2D eigenvalue weighted by Gasteiger charge is 2.30. The first-order valence-corrected chi connectivity index (χ1v) is 13.7. The number of ether oxygens (including phenoxy) is 2. The van der Waals surface area contributed by atoms with Gasteiger partial charge in [0.05, 0.1) is 26.4 Å². The van der Waals surface area contributed by atoms with E-state index in [4.69, 9.17) is 9.47 Å². The summed E-state index contributed by atoms with van der Waals surface area (Å²) in [5.41, 5.74) is 4.82. The van der Waals surface area contributed by atoms with Crippen LogP contribution >= 0.6 is 0 Å². The summed E-state index contributed by atoms with van der Waals surface area (Å²) >= 11 is 0. The highest BCUT2D eigenvalue weighted by atomic mass is 16.5. The lowest BCUT2D eigenvalue weighted by molar-refractivity contribution is -0.941. The zero-order valence-corrected chi connectivity index (χ0v) is 22.3. The number of rotatable bonds is 6. The van der Waals surface area contributed by atoms with Gasteiger partial charge in [-0.1, -0.05) is 72.5 Å². The van der Waals surface area contributed by atoms with Gasteiger partial charge >= 0.3 is 0 Å². The van der Waals surface area contributed by atoms with Crippen LogP contribution in [0.25, 0.3) is 0 Å². The summed E-state index contributed by atoms with van der Waals surface area (Å²) < 4.78 is 13.3. The van der Waals surface area contributed by atoms with Crippen LogP contribution in [0.4, 0.5) is 0 Å². The maximum absolute atomic E-state index is 5.66. The second-order valence-corrected chi connectivity index (χ2v) is 10.6. The largest absolute Gasteiger partial charge is 0.370 e. The third-order valence-electron chi connectivity index (χ3n) is 7.74. The molecule has 3 aromatic rings. The Hall–Kier alpha value is -3.38. The number of hydrogen-bond acceptors (Lipinski definition) is 2. The number of hydrogen-bond donors (Lipinski definition) is 0. The van der Waals surface area contributed by atoms with Gasteiger partial charge in [0.15, 0.2) is 0 Å². The number of nitrogens with zero attached hydrogens (tertiary/aromatic N) is 2. The van der Waals surface area contributed by atoms with Crippen LogP contribution in [-0.2, 0) is 22.6 Å². The summed E-state index contributed by atoms with van der Waals surface area (Å²) in [6, 6.07) is 29.9. The summed E-state index contributed by atoms with van der Waals surface area (Å²) in [6.07, 6.45) is 0. The van der Waals surface area contributed by atoms with Crippen molar-refractivity contribution in [2.45, 2.75) is 13.1 Å². The Kier molecular flexibility index (Phi) is 8.92. The molecule has 194 valence electrons.